The number of para-hydroxylation sites is 1. The molecule has 0 aliphatic carbocycles. The Hall–Kier alpha value is -2.17. The monoisotopic (exact) mass is 409 g/mol. The minimum atomic E-state index is 0.541. The lowest BCUT2D eigenvalue weighted by Gasteiger charge is -2.11. The largest absolute Gasteiger partial charge is 0.488 e. The molecule has 2 nitrogen and oxygen atoms in total. The number of ether oxygens (including phenoxy) is 1. The highest BCUT2D eigenvalue weighted by molar-refractivity contribution is 9.10. The van der Waals surface area contributed by atoms with Crippen LogP contribution in [0.2, 0.25) is 0 Å². The van der Waals surface area contributed by atoms with Gasteiger partial charge >= 0.3 is 0 Å². The molecule has 25 heavy (non-hydrogen) atoms. The molecule has 0 aliphatic rings. The topological polar surface area (TPSA) is 22.1 Å². The van der Waals surface area contributed by atoms with E-state index in [0.29, 0.717) is 6.61 Å². The first kappa shape index (κ1) is 16.3. The van der Waals surface area contributed by atoms with E-state index in [9.17, 15) is 0 Å². The molecule has 3 aromatic carbocycles. The van der Waals surface area contributed by atoms with Crippen LogP contribution in [0.1, 0.15) is 11.1 Å². The van der Waals surface area contributed by atoms with Gasteiger partial charge in [-0.15, -0.1) is 11.3 Å². The molecule has 4 rings (SSSR count). The number of hydrogen-bond donors (Lipinski definition) is 0. The smallest absolute Gasteiger partial charge is 0.130 e. The van der Waals surface area contributed by atoms with Crippen LogP contribution in [0.15, 0.2) is 71.2 Å². The van der Waals surface area contributed by atoms with Gasteiger partial charge in [-0.2, -0.15) is 0 Å². The van der Waals surface area contributed by atoms with E-state index in [4.69, 9.17) is 9.72 Å². The summed E-state index contributed by atoms with van der Waals surface area (Å²) in [5, 5.41) is 0.974. The van der Waals surface area contributed by atoms with Crippen LogP contribution in [-0.4, -0.2) is 4.98 Å². The second-order valence-corrected chi connectivity index (χ2v) is 7.85. The highest BCUT2D eigenvalue weighted by Crippen LogP contribution is 2.37. The Kier molecular flexibility index (Phi) is 4.55. The van der Waals surface area contributed by atoms with Crippen LogP contribution in [0.5, 0.6) is 5.75 Å². The lowest BCUT2D eigenvalue weighted by Crippen LogP contribution is -1.97. The number of fused-ring (bicyclic) bond motifs is 1. The molecule has 0 amide bonds. The fourth-order valence-electron chi connectivity index (χ4n) is 2.63. The average Bonchev–Trinajstić information content (AvgIpc) is 3.06. The third-order valence-corrected chi connectivity index (χ3v) is 5.54. The van der Waals surface area contributed by atoms with E-state index in [1.54, 1.807) is 11.3 Å². The normalized spacial score (nSPS) is 11.0. The Labute approximate surface area is 159 Å². The predicted molar refractivity (Wildman–Crippen MR) is 108 cm³/mol. The van der Waals surface area contributed by atoms with E-state index < -0.39 is 0 Å². The Balaban J connectivity index is 1.67. The molecular weight excluding hydrogens is 394 g/mol. The van der Waals surface area contributed by atoms with Crippen molar-refractivity contribution in [2.24, 2.45) is 0 Å². The molecule has 0 unspecified atom stereocenters. The van der Waals surface area contributed by atoms with Crippen molar-refractivity contribution in [1.82, 2.24) is 4.98 Å². The summed E-state index contributed by atoms with van der Waals surface area (Å²) in [6.45, 7) is 2.63. The third kappa shape index (κ3) is 3.60. The summed E-state index contributed by atoms with van der Waals surface area (Å²) in [6.07, 6.45) is 0. The molecule has 4 heteroatoms. The van der Waals surface area contributed by atoms with Gasteiger partial charge in [0.1, 0.15) is 17.4 Å². The summed E-state index contributed by atoms with van der Waals surface area (Å²) in [4.78, 5) is 4.77. The molecule has 4 aromatic rings. The van der Waals surface area contributed by atoms with Crippen molar-refractivity contribution in [3.8, 4) is 16.3 Å². The molecule has 1 heterocycles. The first-order valence-corrected chi connectivity index (χ1v) is 9.64. The Bertz CT molecular complexity index is 991. The molecule has 0 bridgehead atoms. The summed E-state index contributed by atoms with van der Waals surface area (Å²) in [5.41, 5.74) is 4.45. The number of thiazole rings is 1. The van der Waals surface area contributed by atoms with Crippen molar-refractivity contribution in [3.05, 3.63) is 82.3 Å². The van der Waals surface area contributed by atoms with Gasteiger partial charge in [-0.3, -0.25) is 0 Å². The maximum atomic E-state index is 6.11. The molecule has 0 aliphatic heterocycles. The maximum absolute atomic E-state index is 6.11. The maximum Gasteiger partial charge on any atom is 0.130 e. The fourth-order valence-corrected chi connectivity index (χ4v) is 3.98. The molecule has 0 fully saturated rings. The lowest BCUT2D eigenvalue weighted by molar-refractivity contribution is 0.307. The molecule has 0 saturated carbocycles. The van der Waals surface area contributed by atoms with Gasteiger partial charge in [-0.25, -0.2) is 4.98 Å². The number of benzene rings is 3. The summed E-state index contributed by atoms with van der Waals surface area (Å²) in [5.74, 6) is 0.850. The van der Waals surface area contributed by atoms with Crippen molar-refractivity contribution in [3.63, 3.8) is 0 Å². The zero-order valence-electron chi connectivity index (χ0n) is 13.7. The number of nitrogens with zero attached hydrogens (tertiary/aromatic N) is 1. The predicted octanol–water partition coefficient (Wildman–Crippen LogP) is 6.61. The summed E-state index contributed by atoms with van der Waals surface area (Å²) in [6, 6.07) is 22.7. The number of halogens is 1. The number of rotatable bonds is 4. The summed E-state index contributed by atoms with van der Waals surface area (Å²) >= 11 is 5.25. The van der Waals surface area contributed by atoms with Gasteiger partial charge in [-0.05, 0) is 42.8 Å². The molecule has 0 saturated heterocycles. The van der Waals surface area contributed by atoms with Crippen molar-refractivity contribution in [1.29, 1.82) is 0 Å². The summed E-state index contributed by atoms with van der Waals surface area (Å²) < 4.78 is 8.31. The zero-order chi connectivity index (χ0) is 17.2. The van der Waals surface area contributed by atoms with E-state index in [1.807, 2.05) is 30.3 Å². The van der Waals surface area contributed by atoms with Crippen LogP contribution in [0.4, 0.5) is 0 Å². The van der Waals surface area contributed by atoms with Gasteiger partial charge in [0.2, 0.25) is 0 Å². The first-order chi connectivity index (χ1) is 12.2. The van der Waals surface area contributed by atoms with Crippen LogP contribution in [0.25, 0.3) is 20.8 Å². The van der Waals surface area contributed by atoms with Crippen molar-refractivity contribution in [2.75, 3.05) is 0 Å². The highest BCUT2D eigenvalue weighted by atomic mass is 79.9. The van der Waals surface area contributed by atoms with Crippen molar-refractivity contribution >= 4 is 37.5 Å². The molecule has 0 radical (unpaired) electrons. The standard InChI is InChI=1S/C21H16BrNOS/c1-14-6-8-15(9-7-14)13-24-19-11-10-16(22)12-17(19)21-23-18-4-2-3-5-20(18)25-21/h2-12H,13H2,1H3. The van der Waals surface area contributed by atoms with Crippen LogP contribution in [0, 0.1) is 6.92 Å². The van der Waals surface area contributed by atoms with E-state index in [-0.39, 0.29) is 0 Å². The molecule has 1 aromatic heterocycles. The third-order valence-electron chi connectivity index (χ3n) is 3.98. The summed E-state index contributed by atoms with van der Waals surface area (Å²) in [7, 11) is 0. The molecule has 0 atom stereocenters. The molecular formula is C21H16BrNOS. The minimum Gasteiger partial charge on any atom is -0.488 e. The van der Waals surface area contributed by atoms with Gasteiger partial charge in [0.25, 0.3) is 0 Å². The van der Waals surface area contributed by atoms with Crippen molar-refractivity contribution in [2.45, 2.75) is 13.5 Å². The fraction of sp³-hybridized carbons (Fsp3) is 0.0952. The van der Waals surface area contributed by atoms with E-state index >= 15 is 0 Å². The van der Waals surface area contributed by atoms with Crippen LogP contribution in [0.3, 0.4) is 0 Å². The van der Waals surface area contributed by atoms with Gasteiger partial charge in [0, 0.05) is 4.47 Å². The van der Waals surface area contributed by atoms with E-state index in [1.165, 1.54) is 10.3 Å². The average molecular weight is 410 g/mol. The SMILES string of the molecule is Cc1ccc(COc2ccc(Br)cc2-c2nc3ccccc3s2)cc1. The second kappa shape index (κ2) is 6.98. The molecule has 0 spiro atoms. The Morgan fingerprint density at radius 3 is 2.60 bits per heavy atom. The van der Waals surface area contributed by atoms with Gasteiger partial charge in [0.15, 0.2) is 0 Å². The first-order valence-electron chi connectivity index (χ1n) is 8.03. The molecule has 124 valence electrons. The minimum absolute atomic E-state index is 0.541. The van der Waals surface area contributed by atoms with Crippen LogP contribution < -0.4 is 4.74 Å². The van der Waals surface area contributed by atoms with Gasteiger partial charge < -0.3 is 4.74 Å². The number of aryl methyl sites for hydroxylation is 1. The van der Waals surface area contributed by atoms with Crippen molar-refractivity contribution < 1.29 is 4.74 Å². The van der Waals surface area contributed by atoms with Crippen LogP contribution in [-0.2, 0) is 6.61 Å². The Morgan fingerprint density at radius 2 is 1.80 bits per heavy atom. The van der Waals surface area contributed by atoms with E-state index in [2.05, 4.69) is 59.3 Å². The highest BCUT2D eigenvalue weighted by Gasteiger charge is 2.12. The number of aromatic nitrogens is 1. The second-order valence-electron chi connectivity index (χ2n) is 5.90. The lowest BCUT2D eigenvalue weighted by atomic mass is 10.1. The van der Waals surface area contributed by atoms with Gasteiger partial charge in [-0.1, -0.05) is 57.9 Å². The van der Waals surface area contributed by atoms with Gasteiger partial charge in [0.05, 0.1) is 15.8 Å². The zero-order valence-corrected chi connectivity index (χ0v) is 16.1. The molecule has 0 N–H and O–H groups in total. The Morgan fingerprint density at radius 1 is 1.00 bits per heavy atom. The number of hydrogen-bond acceptors (Lipinski definition) is 3. The van der Waals surface area contributed by atoms with Crippen LogP contribution >= 0.6 is 27.3 Å². The quantitative estimate of drug-likeness (QED) is 0.378. The van der Waals surface area contributed by atoms with E-state index in [0.717, 1.165) is 31.9 Å².